The van der Waals surface area contributed by atoms with Crippen LogP contribution in [0.5, 0.6) is 0 Å². The minimum Gasteiger partial charge on any atom is -0.480 e. The van der Waals surface area contributed by atoms with Gasteiger partial charge in [0.15, 0.2) is 6.04 Å². The highest BCUT2D eigenvalue weighted by atomic mass is 16.5. The molecular formula is C10H13N3O6. The quantitative estimate of drug-likeness (QED) is 0.463. The fourth-order valence-corrected chi connectivity index (χ4v) is 1.37. The van der Waals surface area contributed by atoms with E-state index in [1.807, 2.05) is 4.98 Å². The van der Waals surface area contributed by atoms with Crippen LogP contribution in [0, 0.1) is 0 Å². The van der Waals surface area contributed by atoms with E-state index in [0.717, 1.165) is 6.07 Å². The van der Waals surface area contributed by atoms with E-state index in [1.54, 1.807) is 0 Å². The lowest BCUT2D eigenvalue weighted by Gasteiger charge is -2.13. The number of amides is 1. The van der Waals surface area contributed by atoms with Crippen molar-refractivity contribution in [2.24, 2.45) is 0 Å². The maximum atomic E-state index is 11.6. The van der Waals surface area contributed by atoms with E-state index in [0.29, 0.717) is 0 Å². The number of carbonyl (C=O) groups excluding carboxylic acids is 1. The lowest BCUT2D eigenvalue weighted by Crippen LogP contribution is -2.44. The molecule has 1 unspecified atom stereocenters. The minimum absolute atomic E-state index is 0.0906. The predicted octanol–water partition coefficient (Wildman–Crippen LogP) is -2.18. The molecule has 0 saturated heterocycles. The number of aromatic amines is 2. The molecule has 0 spiro atoms. The van der Waals surface area contributed by atoms with E-state index in [2.05, 4.69) is 15.0 Å². The Hall–Kier alpha value is -2.42. The Kier molecular flexibility index (Phi) is 5.01. The molecule has 0 aromatic carbocycles. The van der Waals surface area contributed by atoms with Crippen molar-refractivity contribution < 1.29 is 19.4 Å². The number of carbonyl (C=O) groups is 2. The molecule has 1 atom stereocenters. The summed E-state index contributed by atoms with van der Waals surface area (Å²) in [5.41, 5.74) is -1.28. The second-order valence-electron chi connectivity index (χ2n) is 3.70. The van der Waals surface area contributed by atoms with Crippen LogP contribution in [0.2, 0.25) is 0 Å². The topological polar surface area (TPSA) is 141 Å². The van der Waals surface area contributed by atoms with Gasteiger partial charge in [0.25, 0.3) is 5.56 Å². The molecule has 0 aliphatic carbocycles. The number of rotatable bonds is 6. The van der Waals surface area contributed by atoms with Crippen molar-refractivity contribution >= 4 is 11.9 Å². The number of aromatic nitrogens is 2. The average Bonchev–Trinajstić information content (AvgIpc) is 2.26. The van der Waals surface area contributed by atoms with E-state index in [9.17, 15) is 19.2 Å². The van der Waals surface area contributed by atoms with Gasteiger partial charge in [-0.05, 0) is 0 Å². The molecule has 9 heteroatoms. The highest BCUT2D eigenvalue weighted by Crippen LogP contribution is 1.91. The molecule has 104 valence electrons. The van der Waals surface area contributed by atoms with Crippen LogP contribution < -0.4 is 16.6 Å². The second-order valence-corrected chi connectivity index (χ2v) is 3.70. The Balaban J connectivity index is 2.71. The molecule has 0 fully saturated rings. The first kappa shape index (κ1) is 14.6. The van der Waals surface area contributed by atoms with Crippen molar-refractivity contribution in [3.05, 3.63) is 32.6 Å². The maximum absolute atomic E-state index is 11.6. The molecule has 1 aromatic heterocycles. The molecule has 9 nitrogen and oxygen atoms in total. The summed E-state index contributed by atoms with van der Waals surface area (Å²) in [6.45, 7) is -0.188. The van der Waals surface area contributed by atoms with Crippen molar-refractivity contribution in [3.63, 3.8) is 0 Å². The smallest absolute Gasteiger partial charge is 0.328 e. The predicted molar refractivity (Wildman–Crippen MR) is 62.8 cm³/mol. The van der Waals surface area contributed by atoms with Gasteiger partial charge in [0.05, 0.1) is 13.0 Å². The van der Waals surface area contributed by atoms with Gasteiger partial charge in [0.1, 0.15) is 0 Å². The zero-order valence-corrected chi connectivity index (χ0v) is 10.1. The summed E-state index contributed by atoms with van der Waals surface area (Å²) in [6, 6.07) is -0.140. The third-order valence-corrected chi connectivity index (χ3v) is 2.13. The molecule has 4 N–H and O–H groups in total. The highest BCUT2D eigenvalue weighted by Gasteiger charge is 2.19. The third-order valence-electron chi connectivity index (χ3n) is 2.13. The number of ether oxygens (including phenoxy) is 1. The van der Waals surface area contributed by atoms with Crippen LogP contribution >= 0.6 is 0 Å². The summed E-state index contributed by atoms with van der Waals surface area (Å²) < 4.78 is 4.65. The number of carboxylic acid groups (broad SMARTS) is 1. The van der Waals surface area contributed by atoms with Gasteiger partial charge in [-0.3, -0.25) is 14.6 Å². The van der Waals surface area contributed by atoms with Gasteiger partial charge in [-0.25, -0.2) is 9.59 Å². The van der Waals surface area contributed by atoms with Crippen LogP contribution in [0.1, 0.15) is 5.69 Å². The number of H-pyrrole nitrogens is 2. The summed E-state index contributed by atoms with van der Waals surface area (Å²) in [5, 5.41) is 11.0. The molecular weight excluding hydrogens is 258 g/mol. The Morgan fingerprint density at radius 2 is 2.11 bits per heavy atom. The molecule has 0 bridgehead atoms. The average molecular weight is 271 g/mol. The highest BCUT2D eigenvalue weighted by molar-refractivity contribution is 5.84. The molecule has 0 radical (unpaired) electrons. The zero-order valence-electron chi connectivity index (χ0n) is 10.1. The van der Waals surface area contributed by atoms with Crippen LogP contribution in [-0.4, -0.2) is 46.7 Å². The van der Waals surface area contributed by atoms with Crippen LogP contribution in [0.15, 0.2) is 15.7 Å². The first-order valence-electron chi connectivity index (χ1n) is 5.26. The third kappa shape index (κ3) is 4.76. The molecule has 0 aliphatic rings. The SMILES string of the molecule is COCC(NC(=O)Cc1cc(=O)[nH]c(=O)[nH]1)C(=O)O. The lowest BCUT2D eigenvalue weighted by atomic mass is 10.2. The summed E-state index contributed by atoms with van der Waals surface area (Å²) >= 11 is 0. The van der Waals surface area contributed by atoms with Crippen LogP contribution in [0.3, 0.4) is 0 Å². The molecule has 0 aliphatic heterocycles. The largest absolute Gasteiger partial charge is 0.480 e. The van der Waals surface area contributed by atoms with Crippen molar-refractivity contribution in [1.29, 1.82) is 0 Å². The van der Waals surface area contributed by atoms with Gasteiger partial charge in [-0.2, -0.15) is 0 Å². The summed E-state index contributed by atoms with van der Waals surface area (Å²) in [7, 11) is 1.30. The van der Waals surface area contributed by atoms with Crippen molar-refractivity contribution in [2.75, 3.05) is 13.7 Å². The van der Waals surface area contributed by atoms with Gasteiger partial charge in [0.2, 0.25) is 5.91 Å². The van der Waals surface area contributed by atoms with Crippen LogP contribution in [0.25, 0.3) is 0 Å². The monoisotopic (exact) mass is 271 g/mol. The first-order chi connectivity index (χ1) is 8.92. The fourth-order valence-electron chi connectivity index (χ4n) is 1.37. The van der Waals surface area contributed by atoms with Crippen LogP contribution in [-0.2, 0) is 20.7 Å². The Bertz CT molecular complexity index is 547. The van der Waals surface area contributed by atoms with Gasteiger partial charge in [0, 0.05) is 18.9 Å². The minimum atomic E-state index is -1.24. The van der Waals surface area contributed by atoms with E-state index in [4.69, 9.17) is 5.11 Å². The number of aliphatic carboxylic acids is 1. The van der Waals surface area contributed by atoms with E-state index in [1.165, 1.54) is 7.11 Å². The van der Waals surface area contributed by atoms with Gasteiger partial charge >= 0.3 is 11.7 Å². The number of carboxylic acids is 1. The van der Waals surface area contributed by atoms with Crippen molar-refractivity contribution in [2.45, 2.75) is 12.5 Å². The zero-order chi connectivity index (χ0) is 14.4. The molecule has 1 aromatic rings. The van der Waals surface area contributed by atoms with E-state index in [-0.39, 0.29) is 18.7 Å². The van der Waals surface area contributed by atoms with Crippen molar-refractivity contribution in [3.8, 4) is 0 Å². The molecule has 1 amide bonds. The van der Waals surface area contributed by atoms with Crippen molar-refractivity contribution in [1.82, 2.24) is 15.3 Å². The number of methoxy groups -OCH3 is 1. The normalized spacial score (nSPS) is 11.8. The van der Waals surface area contributed by atoms with Gasteiger partial charge in [-0.15, -0.1) is 0 Å². The Morgan fingerprint density at radius 1 is 1.42 bits per heavy atom. The van der Waals surface area contributed by atoms with E-state index >= 15 is 0 Å². The molecule has 0 saturated carbocycles. The maximum Gasteiger partial charge on any atom is 0.328 e. The summed E-state index contributed by atoms with van der Waals surface area (Å²) in [6.07, 6.45) is -0.313. The summed E-state index contributed by atoms with van der Waals surface area (Å²) in [5.74, 6) is -1.89. The molecule has 1 heterocycles. The van der Waals surface area contributed by atoms with Crippen LogP contribution in [0.4, 0.5) is 0 Å². The molecule has 19 heavy (non-hydrogen) atoms. The Morgan fingerprint density at radius 3 is 2.63 bits per heavy atom. The van der Waals surface area contributed by atoms with Gasteiger partial charge in [-0.1, -0.05) is 0 Å². The summed E-state index contributed by atoms with van der Waals surface area (Å²) in [4.78, 5) is 48.5. The number of hydrogen-bond acceptors (Lipinski definition) is 5. The lowest BCUT2D eigenvalue weighted by molar-refractivity contribution is -0.143. The Labute approximate surface area is 106 Å². The number of nitrogens with one attached hydrogen (secondary N) is 3. The second kappa shape index (κ2) is 6.50. The molecule has 1 rings (SSSR count). The van der Waals surface area contributed by atoms with Gasteiger partial charge < -0.3 is 20.1 Å². The number of hydrogen-bond donors (Lipinski definition) is 4. The van der Waals surface area contributed by atoms with E-state index < -0.39 is 29.2 Å². The standard InChI is InChI=1S/C10H13N3O6/c1-19-4-6(9(16)17)12-7(14)2-5-3-8(15)13-10(18)11-5/h3,6H,2,4H2,1H3,(H,12,14)(H,16,17)(H2,11,13,15,18). The first-order valence-corrected chi connectivity index (χ1v) is 5.26. The fraction of sp³-hybridized carbons (Fsp3) is 0.400.